The molecule has 0 aliphatic carbocycles. The van der Waals surface area contributed by atoms with Crippen molar-refractivity contribution in [3.05, 3.63) is 77.9 Å². The second-order valence-electron chi connectivity index (χ2n) is 13.0. The van der Waals surface area contributed by atoms with Gasteiger partial charge in [0.15, 0.2) is 0 Å². The average Bonchev–Trinajstić information content (AvgIpc) is 2.76. The van der Waals surface area contributed by atoms with Gasteiger partial charge in [0.1, 0.15) is 5.75 Å². The lowest BCUT2D eigenvalue weighted by Crippen LogP contribution is -2.51. The van der Waals surface area contributed by atoms with Crippen LogP contribution in [0.1, 0.15) is 80.4 Å². The normalized spacial score (nSPS) is 13.0. The van der Waals surface area contributed by atoms with E-state index in [1.165, 1.54) is 11.1 Å². The molecule has 0 aliphatic rings. The molecule has 0 aliphatic heterocycles. The van der Waals surface area contributed by atoms with Gasteiger partial charge in [0, 0.05) is 0 Å². The Kier molecular flexibility index (Phi) is 8.05. The van der Waals surface area contributed by atoms with Gasteiger partial charge in [-0.1, -0.05) is 90.1 Å². The highest BCUT2D eigenvalue weighted by atomic mass is 16.7. The van der Waals surface area contributed by atoms with Gasteiger partial charge < -0.3 is 19.4 Å². The third kappa shape index (κ3) is 7.25. The molecule has 198 valence electrons. The van der Waals surface area contributed by atoms with Crippen LogP contribution >= 0.6 is 0 Å². The van der Waals surface area contributed by atoms with Crippen LogP contribution in [0.5, 0.6) is 5.75 Å². The maximum atomic E-state index is 10.6. The van der Waals surface area contributed by atoms with E-state index in [0.717, 1.165) is 22.3 Å². The van der Waals surface area contributed by atoms with Crippen LogP contribution in [0, 0.1) is 0 Å². The van der Waals surface area contributed by atoms with Crippen molar-refractivity contribution in [3.8, 4) is 28.0 Å². The summed E-state index contributed by atoms with van der Waals surface area (Å²) in [7, 11) is -1.55. The molecule has 0 bridgehead atoms. The first-order valence-corrected chi connectivity index (χ1v) is 13.0. The third-order valence-electron chi connectivity index (χ3n) is 7.18. The molecule has 0 amide bonds. The second-order valence-corrected chi connectivity index (χ2v) is 13.0. The first-order chi connectivity index (χ1) is 16.9. The Morgan fingerprint density at radius 3 is 1.27 bits per heavy atom. The Hall–Kier alpha value is -2.60. The van der Waals surface area contributed by atoms with E-state index in [-0.39, 0.29) is 10.8 Å². The number of hydrogen-bond acceptors (Lipinski definition) is 4. The fraction of sp³-hybridized carbons (Fsp3) is 0.438. The maximum Gasteiger partial charge on any atom is 0.710 e. The molecular formula is C32H43BO4. The van der Waals surface area contributed by atoms with Crippen LogP contribution in [0.15, 0.2) is 66.7 Å². The summed E-state index contributed by atoms with van der Waals surface area (Å²) in [5.41, 5.74) is 4.52. The summed E-state index contributed by atoms with van der Waals surface area (Å²) < 4.78 is 11.5. The zero-order valence-electron chi connectivity index (χ0n) is 24.1. The molecule has 0 saturated carbocycles. The average molecular weight is 503 g/mol. The van der Waals surface area contributed by atoms with Crippen LogP contribution in [0.25, 0.3) is 22.3 Å². The number of benzene rings is 3. The van der Waals surface area contributed by atoms with Crippen molar-refractivity contribution in [2.75, 3.05) is 0 Å². The molecule has 0 spiro atoms. The van der Waals surface area contributed by atoms with Gasteiger partial charge in [0.25, 0.3) is 0 Å². The molecular weight excluding hydrogens is 459 g/mol. The quantitative estimate of drug-likeness (QED) is 0.328. The Labute approximate surface area is 223 Å². The van der Waals surface area contributed by atoms with Gasteiger partial charge in [0.05, 0.1) is 11.2 Å². The van der Waals surface area contributed by atoms with Gasteiger partial charge >= 0.3 is 7.32 Å². The summed E-state index contributed by atoms with van der Waals surface area (Å²) in [6, 6.07) is 23.1. The van der Waals surface area contributed by atoms with E-state index in [1.807, 2.05) is 12.1 Å². The molecule has 0 unspecified atom stereocenters. The van der Waals surface area contributed by atoms with Gasteiger partial charge in [0.2, 0.25) is 0 Å². The minimum Gasteiger partial charge on any atom is -0.512 e. The van der Waals surface area contributed by atoms with Crippen molar-refractivity contribution in [1.29, 1.82) is 0 Å². The topological polar surface area (TPSA) is 58.9 Å². The van der Waals surface area contributed by atoms with Crippen molar-refractivity contribution in [2.24, 2.45) is 0 Å². The number of hydrogen-bond donors (Lipinski definition) is 2. The van der Waals surface area contributed by atoms with Crippen LogP contribution < -0.4 is 4.65 Å². The van der Waals surface area contributed by atoms with E-state index >= 15 is 0 Å². The Balaban J connectivity index is 2.02. The summed E-state index contributed by atoms with van der Waals surface area (Å²) in [5, 5.41) is 21.0. The fourth-order valence-electron chi connectivity index (χ4n) is 3.86. The van der Waals surface area contributed by atoms with Crippen LogP contribution in [-0.2, 0) is 15.5 Å². The smallest absolute Gasteiger partial charge is 0.512 e. The lowest BCUT2D eigenvalue weighted by atomic mass is 9.85. The SMILES string of the molecule is CC(C)(C)c1ccc(-c2cc(OB(O)OC(C)(C)C(C)(C)O)cc(-c3ccc(C(C)(C)C)cc3)c2)cc1. The first kappa shape index (κ1) is 29.0. The Morgan fingerprint density at radius 2 is 0.946 bits per heavy atom. The van der Waals surface area contributed by atoms with Crippen LogP contribution in [0.2, 0.25) is 0 Å². The van der Waals surface area contributed by atoms with E-state index < -0.39 is 18.5 Å². The lowest BCUT2D eigenvalue weighted by Gasteiger charge is -2.37. The van der Waals surface area contributed by atoms with E-state index in [0.29, 0.717) is 5.75 Å². The van der Waals surface area contributed by atoms with Gasteiger partial charge in [-0.05, 0) is 90.1 Å². The van der Waals surface area contributed by atoms with Gasteiger partial charge in [-0.15, -0.1) is 0 Å². The molecule has 3 aromatic rings. The highest BCUT2D eigenvalue weighted by molar-refractivity contribution is 6.35. The van der Waals surface area contributed by atoms with Crippen molar-refractivity contribution < 1.29 is 19.4 Å². The molecule has 0 radical (unpaired) electrons. The summed E-state index contributed by atoms with van der Waals surface area (Å²) >= 11 is 0. The molecule has 3 rings (SSSR count). The van der Waals surface area contributed by atoms with E-state index in [4.69, 9.17) is 9.31 Å². The first-order valence-electron chi connectivity index (χ1n) is 13.0. The molecule has 0 fully saturated rings. The Morgan fingerprint density at radius 1 is 0.568 bits per heavy atom. The highest BCUT2D eigenvalue weighted by Crippen LogP contribution is 2.35. The molecule has 0 atom stereocenters. The van der Waals surface area contributed by atoms with Crippen molar-refractivity contribution in [1.82, 2.24) is 0 Å². The van der Waals surface area contributed by atoms with Crippen LogP contribution in [-0.4, -0.2) is 28.7 Å². The molecule has 5 heteroatoms. The van der Waals surface area contributed by atoms with Crippen molar-refractivity contribution in [3.63, 3.8) is 0 Å². The predicted octanol–water partition coefficient (Wildman–Crippen LogP) is 7.54. The van der Waals surface area contributed by atoms with Gasteiger partial charge in [-0.3, -0.25) is 0 Å². The molecule has 0 aromatic heterocycles. The third-order valence-corrected chi connectivity index (χ3v) is 7.18. The predicted molar refractivity (Wildman–Crippen MR) is 155 cm³/mol. The fourth-order valence-corrected chi connectivity index (χ4v) is 3.86. The monoisotopic (exact) mass is 502 g/mol. The number of aliphatic hydroxyl groups is 1. The van der Waals surface area contributed by atoms with Gasteiger partial charge in [-0.2, -0.15) is 0 Å². The van der Waals surface area contributed by atoms with Crippen LogP contribution in [0.3, 0.4) is 0 Å². The molecule has 0 saturated heterocycles. The number of rotatable bonds is 7. The molecule has 0 heterocycles. The maximum absolute atomic E-state index is 10.6. The minimum atomic E-state index is -1.55. The molecule has 2 N–H and O–H groups in total. The summed E-state index contributed by atoms with van der Waals surface area (Å²) in [5.74, 6) is 0.478. The van der Waals surface area contributed by atoms with Crippen LogP contribution in [0.4, 0.5) is 0 Å². The summed E-state index contributed by atoms with van der Waals surface area (Å²) in [6.45, 7) is 19.9. The van der Waals surface area contributed by atoms with Gasteiger partial charge in [-0.25, -0.2) is 0 Å². The highest BCUT2D eigenvalue weighted by Gasteiger charge is 2.41. The van der Waals surface area contributed by atoms with Crippen molar-refractivity contribution >= 4 is 7.32 Å². The minimum absolute atomic E-state index is 0.0676. The molecule has 3 aromatic carbocycles. The zero-order valence-corrected chi connectivity index (χ0v) is 24.1. The molecule has 37 heavy (non-hydrogen) atoms. The standard InChI is InChI=1S/C32H43BO4/c1-29(2,3)26-15-11-22(12-16-26)24-19-25(23-13-17-27(18-14-23)30(4,5)6)21-28(20-24)36-33(35)37-32(9,10)31(7,8)34/h11-21,34-35H,1-10H3. The second kappa shape index (κ2) is 10.3. The van der Waals surface area contributed by atoms with Crippen molar-refractivity contribution in [2.45, 2.75) is 91.3 Å². The molecule has 4 nitrogen and oxygen atoms in total. The van der Waals surface area contributed by atoms with E-state index in [1.54, 1.807) is 27.7 Å². The lowest BCUT2D eigenvalue weighted by molar-refractivity contribution is -0.108. The summed E-state index contributed by atoms with van der Waals surface area (Å²) in [4.78, 5) is 0. The van der Waals surface area contributed by atoms with E-state index in [2.05, 4.69) is 96.1 Å². The summed E-state index contributed by atoms with van der Waals surface area (Å²) in [6.07, 6.45) is 0. The largest absolute Gasteiger partial charge is 0.710 e. The Bertz CT molecular complexity index is 1120. The zero-order chi connectivity index (χ0) is 27.8. The van der Waals surface area contributed by atoms with E-state index in [9.17, 15) is 10.1 Å².